The van der Waals surface area contributed by atoms with Gasteiger partial charge in [-0.25, -0.2) is 0 Å². The third kappa shape index (κ3) is 4.00. The Kier molecular flexibility index (Phi) is 5.10. The molecule has 6 heteroatoms. The number of aryl methyl sites for hydroxylation is 1. The number of hydrogen-bond acceptors (Lipinski definition) is 5. The van der Waals surface area contributed by atoms with Crippen LogP contribution in [0.1, 0.15) is 42.6 Å². The molecule has 1 saturated heterocycles. The van der Waals surface area contributed by atoms with Crippen molar-refractivity contribution in [2.45, 2.75) is 51.8 Å². The van der Waals surface area contributed by atoms with E-state index >= 15 is 0 Å². The Morgan fingerprint density at radius 2 is 2.00 bits per heavy atom. The zero-order valence-electron chi connectivity index (χ0n) is 18.3. The van der Waals surface area contributed by atoms with E-state index in [2.05, 4.69) is 59.4 Å². The minimum atomic E-state index is 0.00752. The molecule has 1 amide bonds. The summed E-state index contributed by atoms with van der Waals surface area (Å²) >= 11 is 0. The average molecular weight is 417 g/mol. The molecule has 2 heterocycles. The van der Waals surface area contributed by atoms with E-state index in [9.17, 15) is 4.79 Å². The highest BCUT2D eigenvalue weighted by Crippen LogP contribution is 2.32. The van der Waals surface area contributed by atoms with Crippen LogP contribution in [0.4, 0.5) is 5.82 Å². The van der Waals surface area contributed by atoms with Gasteiger partial charge >= 0.3 is 0 Å². The number of amides is 1. The molecule has 31 heavy (non-hydrogen) atoms. The normalized spacial score (nSPS) is 21.3. The van der Waals surface area contributed by atoms with Gasteiger partial charge in [0.2, 0.25) is 0 Å². The number of aromatic nitrogens is 2. The van der Waals surface area contributed by atoms with Gasteiger partial charge < -0.3 is 15.0 Å². The molecule has 2 aliphatic rings. The first-order valence-electron chi connectivity index (χ1n) is 11.0. The van der Waals surface area contributed by atoms with Gasteiger partial charge in [-0.1, -0.05) is 12.1 Å². The van der Waals surface area contributed by atoms with Crippen molar-refractivity contribution in [3.05, 3.63) is 53.7 Å². The number of rotatable bonds is 4. The fourth-order valence-corrected chi connectivity index (χ4v) is 4.22. The van der Waals surface area contributed by atoms with Crippen LogP contribution in [-0.2, 0) is 4.74 Å². The van der Waals surface area contributed by atoms with E-state index < -0.39 is 0 Å². The lowest BCUT2D eigenvalue weighted by Gasteiger charge is -2.37. The van der Waals surface area contributed by atoms with Gasteiger partial charge in [-0.05, 0) is 74.6 Å². The van der Waals surface area contributed by atoms with Crippen LogP contribution in [-0.4, -0.2) is 47.4 Å². The summed E-state index contributed by atoms with van der Waals surface area (Å²) < 4.78 is 5.78. The Bertz CT molecular complexity index is 1140. The summed E-state index contributed by atoms with van der Waals surface area (Å²) in [5.41, 5.74) is 3.99. The molecule has 1 N–H and O–H groups in total. The SMILES string of the molecule is Cc1ccc(C(=O)NC2CC2)cc1-c1ccc2c(N3CC(C)OCC3C)nncc2c1. The van der Waals surface area contributed by atoms with E-state index in [1.807, 2.05) is 24.4 Å². The zero-order chi connectivity index (χ0) is 21.5. The number of anilines is 1. The highest BCUT2D eigenvalue weighted by Gasteiger charge is 2.26. The predicted octanol–water partition coefficient (Wildman–Crippen LogP) is 4.11. The number of nitrogens with zero attached hydrogens (tertiary/aromatic N) is 3. The maximum atomic E-state index is 12.5. The Labute approximate surface area is 182 Å². The largest absolute Gasteiger partial charge is 0.375 e. The van der Waals surface area contributed by atoms with Gasteiger partial charge in [-0.15, -0.1) is 5.10 Å². The first-order valence-corrected chi connectivity index (χ1v) is 11.0. The lowest BCUT2D eigenvalue weighted by atomic mass is 9.96. The molecule has 2 fully saturated rings. The summed E-state index contributed by atoms with van der Waals surface area (Å²) in [4.78, 5) is 14.8. The number of morpholine rings is 1. The van der Waals surface area contributed by atoms with Crippen LogP contribution < -0.4 is 10.2 Å². The lowest BCUT2D eigenvalue weighted by Crippen LogP contribution is -2.48. The fourth-order valence-electron chi connectivity index (χ4n) is 4.22. The number of nitrogens with one attached hydrogen (secondary N) is 1. The molecule has 1 saturated carbocycles. The predicted molar refractivity (Wildman–Crippen MR) is 122 cm³/mol. The van der Waals surface area contributed by atoms with E-state index in [1.54, 1.807) is 0 Å². The van der Waals surface area contributed by atoms with Crippen molar-refractivity contribution >= 4 is 22.5 Å². The van der Waals surface area contributed by atoms with E-state index in [0.29, 0.717) is 18.2 Å². The Morgan fingerprint density at radius 1 is 1.16 bits per heavy atom. The van der Waals surface area contributed by atoms with Gasteiger partial charge in [0.15, 0.2) is 5.82 Å². The second kappa shape index (κ2) is 7.93. The molecule has 2 aromatic carbocycles. The Morgan fingerprint density at radius 3 is 2.81 bits per heavy atom. The van der Waals surface area contributed by atoms with E-state index in [0.717, 1.165) is 52.7 Å². The van der Waals surface area contributed by atoms with Gasteiger partial charge in [0.05, 0.1) is 24.9 Å². The number of benzene rings is 2. The van der Waals surface area contributed by atoms with Crippen molar-refractivity contribution in [1.29, 1.82) is 0 Å². The number of fused-ring (bicyclic) bond motifs is 1. The maximum Gasteiger partial charge on any atom is 0.251 e. The van der Waals surface area contributed by atoms with Crippen LogP contribution >= 0.6 is 0 Å². The van der Waals surface area contributed by atoms with Crippen LogP contribution in [0.5, 0.6) is 0 Å². The van der Waals surface area contributed by atoms with E-state index in [1.165, 1.54) is 0 Å². The van der Waals surface area contributed by atoms with E-state index in [-0.39, 0.29) is 18.1 Å². The van der Waals surface area contributed by atoms with Crippen molar-refractivity contribution in [2.24, 2.45) is 0 Å². The topological polar surface area (TPSA) is 67.4 Å². The molecule has 160 valence electrons. The molecule has 0 radical (unpaired) electrons. The molecule has 3 aromatic rings. The summed E-state index contributed by atoms with van der Waals surface area (Å²) in [6.45, 7) is 7.81. The Balaban J connectivity index is 1.51. The van der Waals surface area contributed by atoms with Gasteiger partial charge in [0.1, 0.15) is 0 Å². The fraction of sp³-hybridized carbons (Fsp3) is 0.400. The van der Waals surface area contributed by atoms with Gasteiger partial charge in [0.25, 0.3) is 5.91 Å². The average Bonchev–Trinajstić information content (AvgIpc) is 3.59. The van der Waals surface area contributed by atoms with Crippen LogP contribution in [0, 0.1) is 6.92 Å². The zero-order valence-corrected chi connectivity index (χ0v) is 18.3. The summed E-state index contributed by atoms with van der Waals surface area (Å²) in [7, 11) is 0. The molecule has 5 rings (SSSR count). The van der Waals surface area contributed by atoms with Gasteiger partial charge in [0, 0.05) is 28.9 Å². The Hall–Kier alpha value is -2.99. The molecule has 0 spiro atoms. The quantitative estimate of drug-likeness (QED) is 0.693. The second-order valence-electron chi connectivity index (χ2n) is 8.89. The standard InChI is InChI=1S/C25H28N4O2/c1-15-4-5-19(25(30)27-21-7-8-21)11-23(15)18-6-9-22-20(10-18)12-26-28-24(22)29-13-17(3)31-14-16(29)2/h4-6,9-12,16-17,21H,7-8,13-14H2,1-3H3,(H,27,30). The number of carbonyl (C=O) groups is 1. The summed E-state index contributed by atoms with van der Waals surface area (Å²) in [6.07, 6.45) is 4.15. The van der Waals surface area contributed by atoms with Crippen LogP contribution in [0.3, 0.4) is 0 Å². The smallest absolute Gasteiger partial charge is 0.251 e. The second-order valence-corrected chi connectivity index (χ2v) is 8.89. The van der Waals surface area contributed by atoms with Crippen LogP contribution in [0.2, 0.25) is 0 Å². The van der Waals surface area contributed by atoms with Crippen molar-refractivity contribution in [1.82, 2.24) is 15.5 Å². The lowest BCUT2D eigenvalue weighted by molar-refractivity contribution is 0.0341. The molecule has 1 aliphatic carbocycles. The number of ether oxygens (including phenoxy) is 1. The van der Waals surface area contributed by atoms with Gasteiger partial charge in [-0.2, -0.15) is 5.10 Å². The molecular formula is C25H28N4O2. The monoisotopic (exact) mass is 416 g/mol. The molecule has 2 unspecified atom stereocenters. The first kappa shape index (κ1) is 19.9. The van der Waals surface area contributed by atoms with Crippen LogP contribution in [0.25, 0.3) is 21.9 Å². The molecule has 2 atom stereocenters. The third-order valence-corrected chi connectivity index (χ3v) is 6.24. The van der Waals surface area contributed by atoms with Crippen molar-refractivity contribution in [3.63, 3.8) is 0 Å². The molecular weight excluding hydrogens is 388 g/mol. The van der Waals surface area contributed by atoms with E-state index in [4.69, 9.17) is 4.74 Å². The minimum Gasteiger partial charge on any atom is -0.375 e. The number of carbonyl (C=O) groups excluding carboxylic acids is 1. The minimum absolute atomic E-state index is 0.00752. The molecule has 0 bridgehead atoms. The van der Waals surface area contributed by atoms with Crippen molar-refractivity contribution < 1.29 is 9.53 Å². The first-order chi connectivity index (χ1) is 15.0. The molecule has 6 nitrogen and oxygen atoms in total. The molecule has 1 aromatic heterocycles. The highest BCUT2D eigenvalue weighted by molar-refractivity contribution is 5.98. The molecule has 1 aliphatic heterocycles. The third-order valence-electron chi connectivity index (χ3n) is 6.24. The highest BCUT2D eigenvalue weighted by atomic mass is 16.5. The van der Waals surface area contributed by atoms with Crippen LogP contribution in [0.15, 0.2) is 42.6 Å². The van der Waals surface area contributed by atoms with Crippen molar-refractivity contribution in [2.75, 3.05) is 18.1 Å². The van der Waals surface area contributed by atoms with Crippen molar-refractivity contribution in [3.8, 4) is 11.1 Å². The summed E-state index contributed by atoms with van der Waals surface area (Å²) in [6, 6.07) is 12.9. The summed E-state index contributed by atoms with van der Waals surface area (Å²) in [5.74, 6) is 0.911. The number of hydrogen-bond donors (Lipinski definition) is 1. The maximum absolute atomic E-state index is 12.5. The summed E-state index contributed by atoms with van der Waals surface area (Å²) in [5, 5.41) is 14.0. The van der Waals surface area contributed by atoms with Gasteiger partial charge in [-0.3, -0.25) is 4.79 Å².